The number of aromatic nitrogens is 3. The molecule has 146 valence electrons. The zero-order chi connectivity index (χ0) is 20.0. The van der Waals surface area contributed by atoms with E-state index in [4.69, 9.17) is 11.6 Å². The van der Waals surface area contributed by atoms with Gasteiger partial charge in [-0.3, -0.25) is 9.59 Å². The second-order valence-corrected chi connectivity index (χ2v) is 7.30. The number of carbonyl (C=O) groups is 2. The smallest absolute Gasteiger partial charge is 0.242 e. The molecule has 0 bridgehead atoms. The van der Waals surface area contributed by atoms with Crippen LogP contribution in [-0.2, 0) is 16.6 Å². The van der Waals surface area contributed by atoms with E-state index in [0.717, 1.165) is 5.56 Å². The van der Waals surface area contributed by atoms with Gasteiger partial charge in [-0.25, -0.2) is 0 Å². The lowest BCUT2D eigenvalue weighted by molar-refractivity contribution is -0.137. The first kappa shape index (κ1) is 21.2. The highest BCUT2D eigenvalue weighted by Gasteiger charge is 2.19. The predicted molar refractivity (Wildman–Crippen MR) is 108 cm³/mol. The molecular weight excluding hydrogens is 386 g/mol. The van der Waals surface area contributed by atoms with Gasteiger partial charge in [0.25, 0.3) is 0 Å². The zero-order valence-corrected chi connectivity index (χ0v) is 17.5. The number of hydrogen-bond acceptors (Lipinski definition) is 5. The normalized spacial score (nSPS) is 10.7. The molecule has 2 amide bonds. The molecule has 0 saturated heterocycles. The lowest BCUT2D eigenvalue weighted by atomic mass is 10.2. The summed E-state index contributed by atoms with van der Waals surface area (Å²) in [5.41, 5.74) is 0.786. The van der Waals surface area contributed by atoms with Crippen LogP contribution in [0.5, 0.6) is 0 Å². The van der Waals surface area contributed by atoms with Crippen molar-refractivity contribution in [1.29, 1.82) is 0 Å². The molecule has 0 radical (unpaired) electrons. The first-order valence-corrected chi connectivity index (χ1v) is 10.0. The largest absolute Gasteiger partial charge is 0.342 e. The lowest BCUT2D eigenvalue weighted by Crippen LogP contribution is -2.41. The van der Waals surface area contributed by atoms with E-state index in [-0.39, 0.29) is 24.1 Å². The zero-order valence-electron chi connectivity index (χ0n) is 16.0. The molecule has 27 heavy (non-hydrogen) atoms. The number of rotatable bonds is 8. The van der Waals surface area contributed by atoms with Crippen molar-refractivity contribution in [2.24, 2.45) is 7.05 Å². The molecule has 1 heterocycles. The van der Waals surface area contributed by atoms with Gasteiger partial charge in [-0.2, -0.15) is 0 Å². The van der Waals surface area contributed by atoms with Gasteiger partial charge in [-0.1, -0.05) is 35.5 Å². The highest BCUT2D eigenvalue weighted by Crippen LogP contribution is 2.28. The van der Waals surface area contributed by atoms with Crippen LogP contribution in [0.2, 0.25) is 5.02 Å². The van der Waals surface area contributed by atoms with Crippen LogP contribution in [0.4, 0.5) is 0 Å². The fourth-order valence-corrected chi connectivity index (χ4v) is 3.59. The van der Waals surface area contributed by atoms with Crippen LogP contribution < -0.4 is 0 Å². The number of amides is 2. The molecule has 0 unspecified atom stereocenters. The SMILES string of the molecule is CCN(CC)C(=O)CN(C)C(=O)CSc1nnc(-c2ccccc2Cl)n1C. The van der Waals surface area contributed by atoms with Crippen LogP contribution in [-0.4, -0.2) is 68.8 Å². The molecule has 7 nitrogen and oxygen atoms in total. The van der Waals surface area contributed by atoms with Crippen molar-refractivity contribution in [3.8, 4) is 11.4 Å². The molecule has 2 rings (SSSR count). The van der Waals surface area contributed by atoms with E-state index in [1.54, 1.807) is 22.6 Å². The van der Waals surface area contributed by atoms with Crippen LogP contribution in [0.25, 0.3) is 11.4 Å². The number of nitrogens with zero attached hydrogens (tertiary/aromatic N) is 5. The second kappa shape index (κ2) is 9.75. The summed E-state index contributed by atoms with van der Waals surface area (Å²) in [5, 5.41) is 9.54. The topological polar surface area (TPSA) is 71.3 Å². The summed E-state index contributed by atoms with van der Waals surface area (Å²) in [4.78, 5) is 27.6. The summed E-state index contributed by atoms with van der Waals surface area (Å²) in [6.45, 7) is 5.18. The predicted octanol–water partition coefficient (Wildman–Crippen LogP) is 2.55. The highest BCUT2D eigenvalue weighted by atomic mass is 35.5. The van der Waals surface area contributed by atoms with Gasteiger partial charge in [0.05, 0.1) is 17.3 Å². The van der Waals surface area contributed by atoms with Gasteiger partial charge in [-0.15, -0.1) is 10.2 Å². The second-order valence-electron chi connectivity index (χ2n) is 5.95. The van der Waals surface area contributed by atoms with Crippen molar-refractivity contribution in [3.05, 3.63) is 29.3 Å². The van der Waals surface area contributed by atoms with Gasteiger partial charge < -0.3 is 14.4 Å². The van der Waals surface area contributed by atoms with Crippen LogP contribution >= 0.6 is 23.4 Å². The van der Waals surface area contributed by atoms with Gasteiger partial charge in [0.2, 0.25) is 11.8 Å². The molecule has 0 N–H and O–H groups in total. The molecular formula is C18H24ClN5O2S. The molecule has 0 fully saturated rings. The Morgan fingerprint density at radius 1 is 1.15 bits per heavy atom. The van der Waals surface area contributed by atoms with Crippen LogP contribution in [0.15, 0.2) is 29.4 Å². The summed E-state index contributed by atoms with van der Waals surface area (Å²) in [6.07, 6.45) is 0. The molecule has 9 heteroatoms. The lowest BCUT2D eigenvalue weighted by Gasteiger charge is -2.23. The first-order valence-electron chi connectivity index (χ1n) is 8.67. The maximum absolute atomic E-state index is 12.3. The van der Waals surface area contributed by atoms with E-state index in [0.29, 0.717) is 29.1 Å². The van der Waals surface area contributed by atoms with Crippen molar-refractivity contribution in [1.82, 2.24) is 24.6 Å². The van der Waals surface area contributed by atoms with Crippen molar-refractivity contribution in [2.75, 3.05) is 32.4 Å². The van der Waals surface area contributed by atoms with Gasteiger partial charge in [-0.05, 0) is 26.0 Å². The molecule has 0 aliphatic heterocycles. The molecule has 0 aliphatic rings. The first-order chi connectivity index (χ1) is 12.9. The van der Waals surface area contributed by atoms with E-state index < -0.39 is 0 Å². The Labute approximate surface area is 168 Å². The quantitative estimate of drug-likeness (QED) is 0.626. The van der Waals surface area contributed by atoms with Crippen molar-refractivity contribution in [3.63, 3.8) is 0 Å². The number of hydrogen-bond donors (Lipinski definition) is 0. The Bertz CT molecular complexity index is 807. The number of thioether (sulfide) groups is 1. The average Bonchev–Trinajstić information content (AvgIpc) is 3.01. The highest BCUT2D eigenvalue weighted by molar-refractivity contribution is 7.99. The van der Waals surface area contributed by atoms with E-state index in [2.05, 4.69) is 10.2 Å². The van der Waals surface area contributed by atoms with Gasteiger partial charge in [0.1, 0.15) is 0 Å². The van der Waals surface area contributed by atoms with Crippen LogP contribution in [0.3, 0.4) is 0 Å². The number of halogens is 1. The van der Waals surface area contributed by atoms with E-state index in [1.807, 2.05) is 39.1 Å². The van der Waals surface area contributed by atoms with Crippen LogP contribution in [0.1, 0.15) is 13.8 Å². The van der Waals surface area contributed by atoms with Crippen molar-refractivity contribution < 1.29 is 9.59 Å². The van der Waals surface area contributed by atoms with E-state index >= 15 is 0 Å². The fourth-order valence-electron chi connectivity index (χ4n) is 2.52. The minimum Gasteiger partial charge on any atom is -0.342 e. The average molecular weight is 410 g/mol. The monoisotopic (exact) mass is 409 g/mol. The minimum atomic E-state index is -0.136. The third-order valence-corrected chi connectivity index (χ3v) is 5.52. The molecule has 1 aromatic carbocycles. The Balaban J connectivity index is 1.98. The number of carbonyl (C=O) groups excluding carboxylic acids is 2. The molecule has 0 aliphatic carbocycles. The van der Waals surface area contributed by atoms with E-state index in [9.17, 15) is 9.59 Å². The standard InChI is InChI=1S/C18H24ClN5O2S/c1-5-24(6-2)15(25)11-22(3)16(26)12-27-18-21-20-17(23(18)4)13-9-7-8-10-14(13)19/h7-10H,5-6,11-12H2,1-4H3. The summed E-state index contributed by atoms with van der Waals surface area (Å²) < 4.78 is 1.81. The Morgan fingerprint density at radius 3 is 2.44 bits per heavy atom. The fraction of sp³-hybridized carbons (Fsp3) is 0.444. The minimum absolute atomic E-state index is 0.0551. The summed E-state index contributed by atoms with van der Waals surface area (Å²) in [5.74, 6) is 0.625. The maximum Gasteiger partial charge on any atom is 0.242 e. The molecule has 1 aromatic heterocycles. The Kier molecular flexibility index (Phi) is 7.67. The third kappa shape index (κ3) is 5.23. The van der Waals surface area contributed by atoms with Crippen molar-refractivity contribution >= 4 is 35.2 Å². The Morgan fingerprint density at radius 2 is 1.81 bits per heavy atom. The van der Waals surface area contributed by atoms with Gasteiger partial charge >= 0.3 is 0 Å². The maximum atomic E-state index is 12.3. The number of likely N-dealkylation sites (N-methyl/N-ethyl adjacent to an activating group) is 2. The molecule has 0 atom stereocenters. The molecule has 2 aromatic rings. The van der Waals surface area contributed by atoms with Gasteiger partial charge in [0.15, 0.2) is 11.0 Å². The van der Waals surface area contributed by atoms with Crippen molar-refractivity contribution in [2.45, 2.75) is 19.0 Å². The summed E-state index contributed by atoms with van der Waals surface area (Å²) in [7, 11) is 3.47. The molecule has 0 spiro atoms. The summed E-state index contributed by atoms with van der Waals surface area (Å²) in [6, 6.07) is 7.41. The van der Waals surface area contributed by atoms with E-state index in [1.165, 1.54) is 16.7 Å². The van der Waals surface area contributed by atoms with Crippen LogP contribution in [0, 0.1) is 0 Å². The number of benzene rings is 1. The van der Waals surface area contributed by atoms with Gasteiger partial charge in [0, 0.05) is 32.7 Å². The summed E-state index contributed by atoms with van der Waals surface area (Å²) >= 11 is 7.50. The third-order valence-electron chi connectivity index (χ3n) is 4.19. The molecule has 0 saturated carbocycles. The Hall–Kier alpha value is -2.06.